The number of alkyl halides is 3. The predicted octanol–water partition coefficient (Wildman–Crippen LogP) is 2.07. The van der Waals surface area contributed by atoms with Crippen LogP contribution >= 0.6 is 0 Å². The highest BCUT2D eigenvalue weighted by molar-refractivity contribution is 5.82. The van der Waals surface area contributed by atoms with Gasteiger partial charge in [0.05, 0.1) is 5.56 Å². The number of hydrogen-bond donors (Lipinski definition) is 1. The zero-order valence-corrected chi connectivity index (χ0v) is 13.1. The lowest BCUT2D eigenvalue weighted by atomic mass is 10.2. The summed E-state index contributed by atoms with van der Waals surface area (Å²) in [6.45, 7) is 1.43. The van der Waals surface area contributed by atoms with Crippen LogP contribution in [0, 0.1) is 0 Å². The van der Waals surface area contributed by atoms with Crippen LogP contribution in [0.15, 0.2) is 24.3 Å². The van der Waals surface area contributed by atoms with Gasteiger partial charge in [0.15, 0.2) is 6.10 Å². The van der Waals surface area contributed by atoms with Crippen LogP contribution in [0.3, 0.4) is 0 Å². The fourth-order valence-electron chi connectivity index (χ4n) is 1.71. The van der Waals surface area contributed by atoms with Crippen molar-refractivity contribution in [3.05, 3.63) is 29.8 Å². The van der Waals surface area contributed by atoms with Gasteiger partial charge in [0, 0.05) is 27.1 Å². The summed E-state index contributed by atoms with van der Waals surface area (Å²) >= 11 is 0. The van der Waals surface area contributed by atoms with Crippen molar-refractivity contribution in [2.24, 2.45) is 0 Å². The highest BCUT2D eigenvalue weighted by atomic mass is 19.4. The van der Waals surface area contributed by atoms with Gasteiger partial charge < -0.3 is 15.0 Å². The first-order chi connectivity index (χ1) is 10.6. The lowest BCUT2D eigenvalue weighted by Gasteiger charge is -2.18. The largest absolute Gasteiger partial charge is 0.480 e. The highest BCUT2D eigenvalue weighted by Gasteiger charge is 2.34. The first-order valence-corrected chi connectivity index (χ1v) is 6.93. The number of hydrogen-bond acceptors (Lipinski definition) is 3. The van der Waals surface area contributed by atoms with Gasteiger partial charge in [-0.25, -0.2) is 0 Å². The second-order valence-electron chi connectivity index (χ2n) is 5.08. The number of carbonyl (C=O) groups excluding carboxylic acids is 2. The first kappa shape index (κ1) is 18.8. The molecule has 2 amide bonds. The standard InChI is InChI=1S/C15H19F3N2O3/c1-10(14(22)19-9-8-13(21)20(2)3)23-12-7-5-4-6-11(12)15(16,17)18/h4-7,10H,8-9H2,1-3H3,(H,19,22). The van der Waals surface area contributed by atoms with Gasteiger partial charge in [-0.15, -0.1) is 0 Å². The minimum absolute atomic E-state index is 0.0878. The molecule has 0 saturated carbocycles. The summed E-state index contributed by atoms with van der Waals surface area (Å²) in [7, 11) is 3.17. The van der Waals surface area contributed by atoms with Crippen molar-refractivity contribution >= 4 is 11.8 Å². The Morgan fingerprint density at radius 2 is 1.87 bits per heavy atom. The molecule has 1 atom stereocenters. The molecule has 1 aromatic rings. The maximum absolute atomic E-state index is 12.8. The molecule has 1 N–H and O–H groups in total. The van der Waals surface area contributed by atoms with E-state index in [0.717, 1.165) is 12.1 Å². The van der Waals surface area contributed by atoms with E-state index in [1.54, 1.807) is 14.1 Å². The molecule has 0 fully saturated rings. The van der Waals surface area contributed by atoms with Crippen molar-refractivity contribution in [2.75, 3.05) is 20.6 Å². The fraction of sp³-hybridized carbons (Fsp3) is 0.467. The Bertz CT molecular complexity index is 559. The quantitative estimate of drug-likeness (QED) is 0.868. The molecule has 0 heterocycles. The van der Waals surface area contributed by atoms with Gasteiger partial charge in [-0.2, -0.15) is 13.2 Å². The Morgan fingerprint density at radius 1 is 1.26 bits per heavy atom. The summed E-state index contributed by atoms with van der Waals surface area (Å²) in [5.41, 5.74) is -0.942. The number of nitrogens with one attached hydrogen (secondary N) is 1. The molecule has 8 heteroatoms. The average Bonchev–Trinajstić information content (AvgIpc) is 2.46. The maximum atomic E-state index is 12.8. The molecule has 5 nitrogen and oxygen atoms in total. The highest BCUT2D eigenvalue weighted by Crippen LogP contribution is 2.36. The molecule has 1 unspecified atom stereocenters. The molecule has 0 spiro atoms. The van der Waals surface area contributed by atoms with E-state index in [4.69, 9.17) is 4.74 Å². The molecule has 0 radical (unpaired) electrons. The Labute approximate surface area is 132 Å². The molecule has 0 aromatic heterocycles. The predicted molar refractivity (Wildman–Crippen MR) is 77.9 cm³/mol. The van der Waals surface area contributed by atoms with Crippen LogP contribution in [0.25, 0.3) is 0 Å². The van der Waals surface area contributed by atoms with Gasteiger partial charge in [0.2, 0.25) is 5.91 Å². The van der Waals surface area contributed by atoms with E-state index in [9.17, 15) is 22.8 Å². The number of amides is 2. The van der Waals surface area contributed by atoms with Crippen molar-refractivity contribution in [1.82, 2.24) is 10.2 Å². The summed E-state index contributed by atoms with van der Waals surface area (Å²) in [4.78, 5) is 24.6. The summed E-state index contributed by atoms with van der Waals surface area (Å²) in [6, 6.07) is 4.68. The lowest BCUT2D eigenvalue weighted by Crippen LogP contribution is -2.38. The van der Waals surface area contributed by atoms with Crippen LogP contribution in [0.4, 0.5) is 13.2 Å². The second-order valence-corrected chi connectivity index (χ2v) is 5.08. The van der Waals surface area contributed by atoms with E-state index in [2.05, 4.69) is 5.32 Å². The van der Waals surface area contributed by atoms with E-state index in [0.29, 0.717) is 0 Å². The summed E-state index contributed by atoms with van der Waals surface area (Å²) in [5, 5.41) is 2.45. The Morgan fingerprint density at radius 3 is 2.43 bits per heavy atom. The molecule has 23 heavy (non-hydrogen) atoms. The van der Waals surface area contributed by atoms with Gasteiger partial charge in [0.1, 0.15) is 5.75 Å². The molecule has 1 rings (SSSR count). The molecule has 0 aliphatic carbocycles. The number of carbonyl (C=O) groups is 2. The van der Waals surface area contributed by atoms with Crippen molar-refractivity contribution in [3.8, 4) is 5.75 Å². The molecule has 0 aliphatic rings. The Kier molecular flexibility index (Phi) is 6.41. The molecule has 0 aliphatic heterocycles. The van der Waals surface area contributed by atoms with Crippen molar-refractivity contribution < 1.29 is 27.5 Å². The van der Waals surface area contributed by atoms with E-state index in [-0.39, 0.29) is 18.9 Å². The van der Waals surface area contributed by atoms with Crippen LogP contribution in [0.1, 0.15) is 18.9 Å². The van der Waals surface area contributed by atoms with Gasteiger partial charge in [-0.1, -0.05) is 12.1 Å². The van der Waals surface area contributed by atoms with Crippen molar-refractivity contribution in [2.45, 2.75) is 25.6 Å². The van der Waals surface area contributed by atoms with E-state index >= 15 is 0 Å². The van der Waals surface area contributed by atoms with Crippen molar-refractivity contribution in [3.63, 3.8) is 0 Å². The van der Waals surface area contributed by atoms with Crippen molar-refractivity contribution in [1.29, 1.82) is 0 Å². The SMILES string of the molecule is CC(Oc1ccccc1C(F)(F)F)C(=O)NCCC(=O)N(C)C. The minimum atomic E-state index is -4.56. The second kappa shape index (κ2) is 7.85. The molecule has 1 aromatic carbocycles. The smallest absolute Gasteiger partial charge is 0.419 e. The van der Waals surface area contributed by atoms with Gasteiger partial charge >= 0.3 is 6.18 Å². The third-order valence-corrected chi connectivity index (χ3v) is 3.00. The molecule has 0 saturated heterocycles. The van der Waals surface area contributed by atoms with Gasteiger partial charge in [-0.05, 0) is 19.1 Å². The van der Waals surface area contributed by atoms with Crippen LogP contribution in [-0.2, 0) is 15.8 Å². The third-order valence-electron chi connectivity index (χ3n) is 3.00. The van der Waals surface area contributed by atoms with E-state index in [1.165, 1.54) is 24.0 Å². The monoisotopic (exact) mass is 332 g/mol. The van der Waals surface area contributed by atoms with E-state index < -0.39 is 29.5 Å². The molecule has 128 valence electrons. The normalized spacial score (nSPS) is 12.4. The number of ether oxygens (including phenoxy) is 1. The lowest BCUT2D eigenvalue weighted by molar-refractivity contribution is -0.140. The summed E-state index contributed by atoms with van der Waals surface area (Å²) in [6.07, 6.45) is -5.58. The van der Waals surface area contributed by atoms with E-state index in [1.807, 2.05) is 0 Å². The fourth-order valence-corrected chi connectivity index (χ4v) is 1.71. The molecule has 0 bridgehead atoms. The number of halogens is 3. The molecular formula is C15H19F3N2O3. The zero-order chi connectivity index (χ0) is 17.6. The number of nitrogens with zero attached hydrogens (tertiary/aromatic N) is 1. The molecular weight excluding hydrogens is 313 g/mol. The summed E-state index contributed by atoms with van der Waals surface area (Å²) < 4.78 is 43.6. The van der Waals surface area contributed by atoms with Crippen LogP contribution < -0.4 is 10.1 Å². The van der Waals surface area contributed by atoms with Gasteiger partial charge in [-0.3, -0.25) is 9.59 Å². The minimum Gasteiger partial charge on any atom is -0.480 e. The summed E-state index contributed by atoms with van der Waals surface area (Å²) in [5.74, 6) is -1.16. The van der Waals surface area contributed by atoms with Crippen LogP contribution in [0.2, 0.25) is 0 Å². The van der Waals surface area contributed by atoms with Crippen LogP contribution in [0.5, 0.6) is 5.75 Å². The number of rotatable bonds is 6. The number of para-hydroxylation sites is 1. The third kappa shape index (κ3) is 5.80. The topological polar surface area (TPSA) is 58.6 Å². The number of benzene rings is 1. The Hall–Kier alpha value is -2.25. The van der Waals surface area contributed by atoms with Crippen LogP contribution in [-0.4, -0.2) is 43.5 Å². The first-order valence-electron chi connectivity index (χ1n) is 6.93. The van der Waals surface area contributed by atoms with Gasteiger partial charge in [0.25, 0.3) is 5.91 Å². The Balaban J connectivity index is 2.61. The zero-order valence-electron chi connectivity index (χ0n) is 13.1. The average molecular weight is 332 g/mol. The maximum Gasteiger partial charge on any atom is 0.419 e.